The Morgan fingerprint density at radius 3 is 2.83 bits per heavy atom. The number of H-pyrrole nitrogens is 1. The average molecular weight is 325 g/mol. The van der Waals surface area contributed by atoms with Gasteiger partial charge in [-0.05, 0) is 29.1 Å². The number of aromatic amines is 1. The summed E-state index contributed by atoms with van der Waals surface area (Å²) in [4.78, 5) is 29.9. The summed E-state index contributed by atoms with van der Waals surface area (Å²) in [5.74, 6) is -0.749. The van der Waals surface area contributed by atoms with Gasteiger partial charge in [-0.15, -0.1) is 0 Å². The third-order valence-corrected chi connectivity index (χ3v) is 3.70. The minimum absolute atomic E-state index is 0.0397. The molecule has 0 bridgehead atoms. The van der Waals surface area contributed by atoms with Gasteiger partial charge in [0.2, 0.25) is 5.91 Å². The number of rotatable bonds is 4. The van der Waals surface area contributed by atoms with E-state index in [2.05, 4.69) is 15.3 Å². The van der Waals surface area contributed by atoms with Gasteiger partial charge in [0.15, 0.2) is 0 Å². The number of carbonyl (C=O) groups is 1. The van der Waals surface area contributed by atoms with Crippen molar-refractivity contribution in [2.45, 2.75) is 19.9 Å². The Bertz CT molecular complexity index is 966. The van der Waals surface area contributed by atoms with Crippen molar-refractivity contribution in [3.05, 3.63) is 75.6 Å². The normalized spacial score (nSPS) is 10.8. The van der Waals surface area contributed by atoms with Crippen LogP contribution in [0, 0.1) is 5.82 Å². The molecular formula is C18H16FN3O2. The third kappa shape index (κ3) is 3.48. The molecule has 0 aliphatic rings. The molecule has 3 aromatic rings. The Kier molecular flexibility index (Phi) is 4.37. The van der Waals surface area contributed by atoms with Gasteiger partial charge < -0.3 is 10.3 Å². The summed E-state index contributed by atoms with van der Waals surface area (Å²) < 4.78 is 14.1. The molecule has 0 atom stereocenters. The molecule has 2 aromatic heterocycles. The summed E-state index contributed by atoms with van der Waals surface area (Å²) in [6.07, 6.45) is 1.80. The molecule has 1 amide bonds. The van der Waals surface area contributed by atoms with Crippen LogP contribution in [0.1, 0.15) is 23.7 Å². The number of carbonyl (C=O) groups excluding carboxylic acids is 1. The van der Waals surface area contributed by atoms with E-state index in [4.69, 9.17) is 0 Å². The maximum atomic E-state index is 14.1. The first-order chi connectivity index (χ1) is 11.5. The fraction of sp³-hybridized carbons (Fsp3) is 0.167. The lowest BCUT2D eigenvalue weighted by Crippen LogP contribution is -2.20. The first-order valence-corrected chi connectivity index (χ1v) is 7.51. The highest BCUT2D eigenvalue weighted by molar-refractivity contribution is 5.78. The SMILES string of the molecule is CC(=O)NCc1ncc(Cc2cc3ccccc3[nH]c2=O)cc1F. The minimum Gasteiger partial charge on any atom is -0.351 e. The molecule has 122 valence electrons. The van der Waals surface area contributed by atoms with Crippen LogP contribution in [0.25, 0.3) is 10.9 Å². The van der Waals surface area contributed by atoms with Gasteiger partial charge in [0, 0.05) is 30.6 Å². The lowest BCUT2D eigenvalue weighted by atomic mass is 10.1. The van der Waals surface area contributed by atoms with Crippen LogP contribution in [0.2, 0.25) is 0 Å². The van der Waals surface area contributed by atoms with E-state index in [0.717, 1.165) is 10.9 Å². The summed E-state index contributed by atoms with van der Waals surface area (Å²) in [5.41, 5.74) is 1.88. The fourth-order valence-corrected chi connectivity index (χ4v) is 2.48. The van der Waals surface area contributed by atoms with Gasteiger partial charge in [-0.25, -0.2) is 4.39 Å². The molecule has 6 heteroatoms. The number of nitrogens with one attached hydrogen (secondary N) is 2. The number of amides is 1. The Morgan fingerprint density at radius 1 is 1.29 bits per heavy atom. The number of benzene rings is 1. The minimum atomic E-state index is -0.501. The zero-order valence-corrected chi connectivity index (χ0v) is 13.1. The lowest BCUT2D eigenvalue weighted by Gasteiger charge is -2.07. The van der Waals surface area contributed by atoms with Crippen LogP contribution in [0.15, 0.2) is 47.4 Å². The molecule has 5 nitrogen and oxygen atoms in total. The van der Waals surface area contributed by atoms with Crippen LogP contribution in [-0.4, -0.2) is 15.9 Å². The van der Waals surface area contributed by atoms with Crippen molar-refractivity contribution < 1.29 is 9.18 Å². The van der Waals surface area contributed by atoms with Crippen LogP contribution >= 0.6 is 0 Å². The van der Waals surface area contributed by atoms with Crippen LogP contribution in [-0.2, 0) is 17.8 Å². The van der Waals surface area contributed by atoms with Crippen molar-refractivity contribution in [1.82, 2.24) is 15.3 Å². The molecule has 2 N–H and O–H groups in total. The van der Waals surface area contributed by atoms with Gasteiger partial charge in [0.25, 0.3) is 5.56 Å². The van der Waals surface area contributed by atoms with Crippen LogP contribution in [0.4, 0.5) is 4.39 Å². The predicted molar refractivity (Wildman–Crippen MR) is 89.1 cm³/mol. The molecule has 24 heavy (non-hydrogen) atoms. The quantitative estimate of drug-likeness (QED) is 0.773. The maximum absolute atomic E-state index is 14.1. The number of halogens is 1. The number of nitrogens with zero attached hydrogens (tertiary/aromatic N) is 1. The second-order valence-corrected chi connectivity index (χ2v) is 5.57. The van der Waals surface area contributed by atoms with E-state index in [0.29, 0.717) is 11.1 Å². The zero-order chi connectivity index (χ0) is 17.1. The van der Waals surface area contributed by atoms with Crippen molar-refractivity contribution in [2.75, 3.05) is 0 Å². The molecule has 0 aliphatic carbocycles. The van der Waals surface area contributed by atoms with E-state index in [-0.39, 0.29) is 30.1 Å². The highest BCUT2D eigenvalue weighted by Crippen LogP contribution is 2.14. The Morgan fingerprint density at radius 2 is 2.08 bits per heavy atom. The van der Waals surface area contributed by atoms with Gasteiger partial charge in [-0.1, -0.05) is 18.2 Å². The van der Waals surface area contributed by atoms with Gasteiger partial charge in [-0.3, -0.25) is 14.6 Å². The third-order valence-electron chi connectivity index (χ3n) is 3.70. The maximum Gasteiger partial charge on any atom is 0.251 e. The van der Waals surface area contributed by atoms with E-state index < -0.39 is 5.82 Å². The molecule has 0 fully saturated rings. The molecule has 1 aromatic carbocycles. The highest BCUT2D eigenvalue weighted by Gasteiger charge is 2.09. The number of aromatic nitrogens is 2. The lowest BCUT2D eigenvalue weighted by molar-refractivity contribution is -0.119. The number of para-hydroxylation sites is 1. The number of hydrogen-bond donors (Lipinski definition) is 2. The molecule has 0 saturated heterocycles. The average Bonchev–Trinajstić information content (AvgIpc) is 2.54. The smallest absolute Gasteiger partial charge is 0.251 e. The van der Waals surface area contributed by atoms with Crippen molar-refractivity contribution in [2.24, 2.45) is 0 Å². The van der Waals surface area contributed by atoms with E-state index in [9.17, 15) is 14.0 Å². The Balaban J connectivity index is 1.86. The van der Waals surface area contributed by atoms with E-state index >= 15 is 0 Å². The Hall–Kier alpha value is -3.02. The largest absolute Gasteiger partial charge is 0.351 e. The Labute approximate surface area is 137 Å². The predicted octanol–water partition coefficient (Wildman–Crippen LogP) is 2.29. The van der Waals surface area contributed by atoms with Gasteiger partial charge in [0.05, 0.1) is 12.2 Å². The number of fused-ring (bicyclic) bond motifs is 1. The van der Waals surface area contributed by atoms with Crippen molar-refractivity contribution in [3.8, 4) is 0 Å². The molecule has 0 spiro atoms. The zero-order valence-electron chi connectivity index (χ0n) is 13.1. The van der Waals surface area contributed by atoms with Crippen LogP contribution < -0.4 is 10.9 Å². The highest BCUT2D eigenvalue weighted by atomic mass is 19.1. The second-order valence-electron chi connectivity index (χ2n) is 5.57. The first-order valence-electron chi connectivity index (χ1n) is 7.51. The molecule has 3 rings (SSSR count). The molecule has 0 saturated carbocycles. The molecule has 0 aliphatic heterocycles. The topological polar surface area (TPSA) is 74.8 Å². The summed E-state index contributed by atoms with van der Waals surface area (Å²) in [6, 6.07) is 10.6. The van der Waals surface area contributed by atoms with E-state index in [1.54, 1.807) is 6.07 Å². The molecular weight excluding hydrogens is 309 g/mol. The van der Waals surface area contributed by atoms with Gasteiger partial charge in [-0.2, -0.15) is 0 Å². The van der Waals surface area contributed by atoms with Gasteiger partial charge >= 0.3 is 0 Å². The summed E-state index contributed by atoms with van der Waals surface area (Å²) in [6.45, 7) is 1.40. The second kappa shape index (κ2) is 6.62. The van der Waals surface area contributed by atoms with Gasteiger partial charge in [0.1, 0.15) is 5.82 Å². The van der Waals surface area contributed by atoms with Crippen LogP contribution in [0.5, 0.6) is 0 Å². The van der Waals surface area contributed by atoms with Crippen LogP contribution in [0.3, 0.4) is 0 Å². The molecule has 2 heterocycles. The van der Waals surface area contributed by atoms with E-state index in [1.807, 2.05) is 24.3 Å². The van der Waals surface area contributed by atoms with E-state index in [1.165, 1.54) is 19.2 Å². The first kappa shape index (κ1) is 15.9. The number of pyridine rings is 2. The summed E-state index contributed by atoms with van der Waals surface area (Å²) in [5, 5.41) is 3.42. The standard InChI is InChI=1S/C18H16FN3O2/c1-11(23)20-10-17-15(19)7-12(9-21-17)6-14-8-13-4-2-3-5-16(13)22-18(14)24/h2-5,7-9H,6,10H2,1H3,(H,20,23)(H,22,24). The molecule has 0 unspecified atom stereocenters. The van der Waals surface area contributed by atoms with Crippen molar-refractivity contribution in [3.63, 3.8) is 0 Å². The fourth-order valence-electron chi connectivity index (χ4n) is 2.48. The number of hydrogen-bond acceptors (Lipinski definition) is 3. The van der Waals surface area contributed by atoms with Crippen molar-refractivity contribution >= 4 is 16.8 Å². The summed E-state index contributed by atoms with van der Waals surface area (Å²) in [7, 11) is 0. The van der Waals surface area contributed by atoms with Crippen molar-refractivity contribution in [1.29, 1.82) is 0 Å². The monoisotopic (exact) mass is 325 g/mol. The molecule has 0 radical (unpaired) electrons. The summed E-state index contributed by atoms with van der Waals surface area (Å²) >= 11 is 0.